The van der Waals surface area contributed by atoms with E-state index in [0.29, 0.717) is 0 Å². The van der Waals surface area contributed by atoms with Crippen LogP contribution in [0.1, 0.15) is 38.3 Å². The summed E-state index contributed by atoms with van der Waals surface area (Å²) in [6.07, 6.45) is 6.27. The van der Waals surface area contributed by atoms with Crippen molar-refractivity contribution in [2.75, 3.05) is 38.1 Å². The average molecular weight is 344 g/mol. The lowest BCUT2D eigenvalue weighted by atomic mass is 10.1. The standard InChI is InChI=1S/C20H29N3S/c1-3-4-5-6-7-19-14-18(17-8-13-24-16-17)15-20(21-19)23-11-9-22(2)10-12-23/h8,13-16H,3-7,9-12H2,1-2H3. The van der Waals surface area contributed by atoms with Crippen LogP contribution in [0.5, 0.6) is 0 Å². The van der Waals surface area contributed by atoms with Crippen molar-refractivity contribution in [2.45, 2.75) is 39.0 Å². The molecule has 2 aromatic rings. The predicted octanol–water partition coefficient (Wildman–Crippen LogP) is 4.68. The van der Waals surface area contributed by atoms with Crippen LogP contribution in [0.4, 0.5) is 5.82 Å². The topological polar surface area (TPSA) is 19.4 Å². The summed E-state index contributed by atoms with van der Waals surface area (Å²) in [7, 11) is 2.20. The minimum atomic E-state index is 1.08. The van der Waals surface area contributed by atoms with Gasteiger partial charge in [0.1, 0.15) is 5.82 Å². The van der Waals surface area contributed by atoms with Crippen molar-refractivity contribution in [1.82, 2.24) is 9.88 Å². The maximum absolute atomic E-state index is 5.00. The first-order valence-corrected chi connectivity index (χ1v) is 10.2. The average Bonchev–Trinajstić information content (AvgIpc) is 3.14. The Morgan fingerprint density at radius 1 is 1.04 bits per heavy atom. The van der Waals surface area contributed by atoms with Crippen molar-refractivity contribution in [3.05, 3.63) is 34.7 Å². The van der Waals surface area contributed by atoms with E-state index in [1.807, 2.05) is 0 Å². The summed E-state index contributed by atoms with van der Waals surface area (Å²) < 4.78 is 0. The maximum Gasteiger partial charge on any atom is 0.129 e. The summed E-state index contributed by atoms with van der Waals surface area (Å²) in [5.74, 6) is 1.16. The van der Waals surface area contributed by atoms with Gasteiger partial charge in [-0.15, -0.1) is 0 Å². The second-order valence-electron chi connectivity index (χ2n) is 6.82. The molecule has 1 saturated heterocycles. The molecule has 1 aliphatic rings. The molecule has 3 rings (SSSR count). The second-order valence-corrected chi connectivity index (χ2v) is 7.60. The van der Waals surface area contributed by atoms with Gasteiger partial charge in [0.2, 0.25) is 0 Å². The van der Waals surface area contributed by atoms with E-state index >= 15 is 0 Å². The first kappa shape index (κ1) is 17.4. The fourth-order valence-electron chi connectivity index (χ4n) is 3.23. The Morgan fingerprint density at radius 3 is 2.58 bits per heavy atom. The number of rotatable bonds is 7. The molecule has 0 radical (unpaired) electrons. The Labute approximate surface area is 150 Å². The number of pyridine rings is 1. The highest BCUT2D eigenvalue weighted by Gasteiger charge is 2.17. The van der Waals surface area contributed by atoms with E-state index in [-0.39, 0.29) is 0 Å². The zero-order valence-corrected chi connectivity index (χ0v) is 15.8. The lowest BCUT2D eigenvalue weighted by Crippen LogP contribution is -2.44. The first-order valence-electron chi connectivity index (χ1n) is 9.23. The quantitative estimate of drug-likeness (QED) is 0.680. The lowest BCUT2D eigenvalue weighted by Gasteiger charge is -2.33. The van der Waals surface area contributed by atoms with E-state index in [0.717, 1.165) is 38.4 Å². The van der Waals surface area contributed by atoms with Crippen LogP contribution in [0.15, 0.2) is 29.0 Å². The van der Waals surface area contributed by atoms with Gasteiger partial charge in [0.05, 0.1) is 0 Å². The summed E-state index contributed by atoms with van der Waals surface area (Å²) in [4.78, 5) is 9.84. The monoisotopic (exact) mass is 343 g/mol. The van der Waals surface area contributed by atoms with E-state index in [1.54, 1.807) is 11.3 Å². The molecule has 0 aliphatic carbocycles. The minimum absolute atomic E-state index is 1.08. The van der Waals surface area contributed by atoms with Crippen molar-refractivity contribution < 1.29 is 0 Å². The molecule has 0 saturated carbocycles. The molecular formula is C20H29N3S. The number of aromatic nitrogens is 1. The molecule has 0 bridgehead atoms. The highest BCUT2D eigenvalue weighted by molar-refractivity contribution is 7.08. The van der Waals surface area contributed by atoms with Gasteiger partial charge in [-0.1, -0.05) is 26.2 Å². The van der Waals surface area contributed by atoms with E-state index in [1.165, 1.54) is 42.5 Å². The van der Waals surface area contributed by atoms with Gasteiger partial charge in [-0.2, -0.15) is 11.3 Å². The minimum Gasteiger partial charge on any atom is -0.354 e. The van der Waals surface area contributed by atoms with Gasteiger partial charge in [0.15, 0.2) is 0 Å². The molecule has 24 heavy (non-hydrogen) atoms. The largest absolute Gasteiger partial charge is 0.354 e. The van der Waals surface area contributed by atoms with Crippen molar-refractivity contribution in [2.24, 2.45) is 0 Å². The molecule has 1 aliphatic heterocycles. The van der Waals surface area contributed by atoms with Crippen LogP contribution in [0, 0.1) is 0 Å². The third-order valence-electron chi connectivity index (χ3n) is 4.83. The zero-order valence-electron chi connectivity index (χ0n) is 15.0. The van der Waals surface area contributed by atoms with E-state index in [2.05, 4.69) is 52.7 Å². The second kappa shape index (κ2) is 8.63. The van der Waals surface area contributed by atoms with Crippen LogP contribution in [0.25, 0.3) is 11.1 Å². The number of anilines is 1. The van der Waals surface area contributed by atoms with Gasteiger partial charge in [0, 0.05) is 31.9 Å². The molecule has 3 nitrogen and oxygen atoms in total. The SMILES string of the molecule is CCCCCCc1cc(-c2ccsc2)cc(N2CCN(C)CC2)n1. The van der Waals surface area contributed by atoms with E-state index in [4.69, 9.17) is 4.98 Å². The normalized spacial score (nSPS) is 15.8. The number of likely N-dealkylation sites (N-methyl/N-ethyl adjacent to an activating group) is 1. The number of thiophene rings is 1. The Kier molecular flexibility index (Phi) is 6.27. The molecule has 1 fully saturated rings. The van der Waals surface area contributed by atoms with Crippen LogP contribution >= 0.6 is 11.3 Å². The van der Waals surface area contributed by atoms with Gasteiger partial charge in [0.25, 0.3) is 0 Å². The Morgan fingerprint density at radius 2 is 1.88 bits per heavy atom. The van der Waals surface area contributed by atoms with Crippen LogP contribution in [-0.4, -0.2) is 43.1 Å². The number of nitrogens with zero attached hydrogens (tertiary/aromatic N) is 3. The number of aryl methyl sites for hydroxylation is 1. The number of hydrogen-bond donors (Lipinski definition) is 0. The Bertz CT molecular complexity index is 616. The maximum atomic E-state index is 5.00. The smallest absolute Gasteiger partial charge is 0.129 e. The zero-order chi connectivity index (χ0) is 16.8. The van der Waals surface area contributed by atoms with Crippen molar-refractivity contribution in [3.63, 3.8) is 0 Å². The fraction of sp³-hybridized carbons (Fsp3) is 0.550. The van der Waals surface area contributed by atoms with Crippen LogP contribution in [0.3, 0.4) is 0 Å². The predicted molar refractivity (Wildman–Crippen MR) is 105 cm³/mol. The molecular weight excluding hydrogens is 314 g/mol. The Hall–Kier alpha value is -1.39. The van der Waals surface area contributed by atoms with E-state index in [9.17, 15) is 0 Å². The molecule has 2 aromatic heterocycles. The van der Waals surface area contributed by atoms with Crippen molar-refractivity contribution >= 4 is 17.2 Å². The van der Waals surface area contributed by atoms with Gasteiger partial charge in [-0.05, 0) is 60.0 Å². The molecule has 4 heteroatoms. The van der Waals surface area contributed by atoms with Crippen LogP contribution in [0.2, 0.25) is 0 Å². The van der Waals surface area contributed by atoms with Gasteiger partial charge >= 0.3 is 0 Å². The summed E-state index contributed by atoms with van der Waals surface area (Å²) in [6, 6.07) is 6.80. The Balaban J connectivity index is 1.80. The number of hydrogen-bond acceptors (Lipinski definition) is 4. The molecule has 130 valence electrons. The molecule has 0 atom stereocenters. The first-order chi connectivity index (χ1) is 11.8. The molecule has 0 amide bonds. The summed E-state index contributed by atoms with van der Waals surface area (Å²) in [5.41, 5.74) is 3.90. The fourth-order valence-corrected chi connectivity index (χ4v) is 3.89. The molecule has 0 N–H and O–H groups in total. The van der Waals surface area contributed by atoms with Crippen molar-refractivity contribution in [1.29, 1.82) is 0 Å². The molecule has 0 unspecified atom stereocenters. The third-order valence-corrected chi connectivity index (χ3v) is 5.52. The lowest BCUT2D eigenvalue weighted by molar-refractivity contribution is 0.312. The van der Waals surface area contributed by atoms with Gasteiger partial charge < -0.3 is 9.80 Å². The van der Waals surface area contributed by atoms with Crippen LogP contribution < -0.4 is 4.90 Å². The van der Waals surface area contributed by atoms with E-state index < -0.39 is 0 Å². The number of piperazine rings is 1. The van der Waals surface area contributed by atoms with Gasteiger partial charge in [-0.3, -0.25) is 0 Å². The number of unbranched alkanes of at least 4 members (excludes halogenated alkanes) is 3. The molecule has 0 aromatic carbocycles. The third kappa shape index (κ3) is 4.58. The molecule has 0 spiro atoms. The highest BCUT2D eigenvalue weighted by Crippen LogP contribution is 2.27. The summed E-state index contributed by atoms with van der Waals surface area (Å²) in [5, 5.41) is 4.40. The molecule has 3 heterocycles. The summed E-state index contributed by atoms with van der Waals surface area (Å²) >= 11 is 1.77. The van der Waals surface area contributed by atoms with Crippen molar-refractivity contribution in [3.8, 4) is 11.1 Å². The summed E-state index contributed by atoms with van der Waals surface area (Å²) in [6.45, 7) is 6.66. The van der Waals surface area contributed by atoms with Gasteiger partial charge in [-0.25, -0.2) is 4.98 Å². The highest BCUT2D eigenvalue weighted by atomic mass is 32.1. The van der Waals surface area contributed by atoms with Crippen LogP contribution in [-0.2, 0) is 6.42 Å².